The van der Waals surface area contributed by atoms with Crippen molar-refractivity contribution in [1.29, 1.82) is 0 Å². The first-order valence-electron chi connectivity index (χ1n) is 6.59. The number of carbonyl (C=O) groups excluding carboxylic acids is 2. The van der Waals surface area contributed by atoms with Gasteiger partial charge in [-0.25, -0.2) is 9.59 Å². The van der Waals surface area contributed by atoms with Crippen LogP contribution in [0.2, 0.25) is 0 Å². The van der Waals surface area contributed by atoms with Crippen molar-refractivity contribution in [1.82, 2.24) is 0 Å². The Morgan fingerprint density at radius 3 is 1.68 bits per heavy atom. The summed E-state index contributed by atoms with van der Waals surface area (Å²) < 4.78 is 19.6. The van der Waals surface area contributed by atoms with Gasteiger partial charge in [-0.05, 0) is 33.6 Å². The third-order valence-electron chi connectivity index (χ3n) is 2.48. The minimum absolute atomic E-state index is 0.0646. The van der Waals surface area contributed by atoms with Gasteiger partial charge in [0.2, 0.25) is 0 Å². The van der Waals surface area contributed by atoms with E-state index in [2.05, 4.69) is 0 Å². The standard InChI is InChI=1S/C13H24O6/c1-6-9(3)17-12(14)16-8-11(5)19-13(15)18-10(4)7-2/h9-11H,6-8H2,1-5H3. The zero-order chi connectivity index (χ0) is 14.8. The molecule has 0 radical (unpaired) electrons. The Morgan fingerprint density at radius 1 is 0.789 bits per heavy atom. The SMILES string of the molecule is CCC(C)OC(=O)OCC(C)OC(=O)OC(C)CC. The van der Waals surface area contributed by atoms with Crippen molar-refractivity contribution in [2.45, 2.75) is 65.8 Å². The van der Waals surface area contributed by atoms with E-state index in [0.717, 1.165) is 0 Å². The van der Waals surface area contributed by atoms with Gasteiger partial charge in [0.25, 0.3) is 0 Å². The molecule has 0 fully saturated rings. The molecule has 0 N–H and O–H groups in total. The number of carbonyl (C=O) groups is 2. The van der Waals surface area contributed by atoms with Crippen molar-refractivity contribution in [2.75, 3.05) is 6.61 Å². The molecule has 0 saturated carbocycles. The summed E-state index contributed by atoms with van der Waals surface area (Å²) in [5.41, 5.74) is 0. The minimum Gasteiger partial charge on any atom is -0.431 e. The molecule has 0 saturated heterocycles. The molecule has 3 unspecified atom stereocenters. The van der Waals surface area contributed by atoms with Crippen LogP contribution in [0.1, 0.15) is 47.5 Å². The second kappa shape index (κ2) is 9.47. The van der Waals surface area contributed by atoms with E-state index >= 15 is 0 Å². The van der Waals surface area contributed by atoms with E-state index in [9.17, 15) is 9.59 Å². The van der Waals surface area contributed by atoms with Crippen LogP contribution in [0.5, 0.6) is 0 Å². The summed E-state index contributed by atoms with van der Waals surface area (Å²) in [5.74, 6) is 0. The summed E-state index contributed by atoms with van der Waals surface area (Å²) in [6, 6.07) is 0. The van der Waals surface area contributed by atoms with Crippen molar-refractivity contribution >= 4 is 12.3 Å². The molecule has 6 nitrogen and oxygen atoms in total. The van der Waals surface area contributed by atoms with Gasteiger partial charge in [0, 0.05) is 0 Å². The number of rotatable bonds is 7. The van der Waals surface area contributed by atoms with Crippen LogP contribution in [0.25, 0.3) is 0 Å². The Kier molecular flexibility index (Phi) is 8.74. The lowest BCUT2D eigenvalue weighted by Gasteiger charge is -2.16. The van der Waals surface area contributed by atoms with Gasteiger partial charge in [0.05, 0.1) is 0 Å². The molecule has 0 spiro atoms. The monoisotopic (exact) mass is 276 g/mol. The van der Waals surface area contributed by atoms with Crippen LogP contribution in [0, 0.1) is 0 Å². The van der Waals surface area contributed by atoms with E-state index in [1.54, 1.807) is 20.8 Å². The normalized spacial score (nSPS) is 15.0. The van der Waals surface area contributed by atoms with Crippen LogP contribution in [-0.4, -0.2) is 37.2 Å². The molecule has 0 rings (SSSR count). The lowest BCUT2D eigenvalue weighted by Crippen LogP contribution is -2.26. The van der Waals surface area contributed by atoms with Crippen LogP contribution < -0.4 is 0 Å². The van der Waals surface area contributed by atoms with Crippen LogP contribution in [0.15, 0.2) is 0 Å². The molecular formula is C13H24O6. The second-order valence-electron chi connectivity index (χ2n) is 4.41. The average Bonchev–Trinajstić information content (AvgIpc) is 2.35. The summed E-state index contributed by atoms with van der Waals surface area (Å²) in [6.45, 7) is 8.87. The fourth-order valence-electron chi connectivity index (χ4n) is 0.941. The quantitative estimate of drug-likeness (QED) is 0.664. The van der Waals surface area contributed by atoms with Crippen LogP contribution in [0.3, 0.4) is 0 Å². The first-order valence-corrected chi connectivity index (χ1v) is 6.59. The molecular weight excluding hydrogens is 252 g/mol. The van der Waals surface area contributed by atoms with Crippen molar-refractivity contribution in [3.8, 4) is 0 Å². The van der Waals surface area contributed by atoms with Gasteiger partial charge in [0.15, 0.2) is 0 Å². The highest BCUT2D eigenvalue weighted by atomic mass is 16.8. The average molecular weight is 276 g/mol. The van der Waals surface area contributed by atoms with Crippen molar-refractivity contribution in [3.05, 3.63) is 0 Å². The Bertz CT molecular complexity index is 278. The summed E-state index contributed by atoms with van der Waals surface area (Å²) in [6.07, 6.45) is -1.08. The highest BCUT2D eigenvalue weighted by Crippen LogP contribution is 2.03. The van der Waals surface area contributed by atoms with Gasteiger partial charge >= 0.3 is 12.3 Å². The maximum absolute atomic E-state index is 11.3. The third-order valence-corrected chi connectivity index (χ3v) is 2.48. The van der Waals surface area contributed by atoms with Crippen molar-refractivity contribution in [2.24, 2.45) is 0 Å². The van der Waals surface area contributed by atoms with Crippen LogP contribution in [0.4, 0.5) is 9.59 Å². The molecule has 0 amide bonds. The first-order chi connectivity index (χ1) is 8.88. The predicted octanol–water partition coefficient (Wildman–Crippen LogP) is 3.28. The summed E-state index contributed by atoms with van der Waals surface area (Å²) in [4.78, 5) is 22.5. The van der Waals surface area contributed by atoms with Gasteiger partial charge in [0.1, 0.15) is 24.9 Å². The summed E-state index contributed by atoms with van der Waals surface area (Å²) in [7, 11) is 0. The van der Waals surface area contributed by atoms with E-state index in [-0.39, 0.29) is 18.8 Å². The number of hydrogen-bond acceptors (Lipinski definition) is 6. The molecule has 0 heterocycles. The van der Waals surface area contributed by atoms with E-state index < -0.39 is 18.4 Å². The molecule has 0 aliphatic carbocycles. The molecule has 0 aliphatic rings. The lowest BCUT2D eigenvalue weighted by atomic mass is 10.3. The van der Waals surface area contributed by atoms with Crippen LogP contribution >= 0.6 is 0 Å². The van der Waals surface area contributed by atoms with Crippen LogP contribution in [-0.2, 0) is 18.9 Å². The van der Waals surface area contributed by atoms with E-state index in [1.807, 2.05) is 13.8 Å². The van der Waals surface area contributed by atoms with Crippen molar-refractivity contribution < 1.29 is 28.5 Å². The molecule has 3 atom stereocenters. The van der Waals surface area contributed by atoms with Gasteiger partial charge in [-0.3, -0.25) is 0 Å². The van der Waals surface area contributed by atoms with Gasteiger partial charge in [-0.2, -0.15) is 0 Å². The van der Waals surface area contributed by atoms with E-state index in [0.29, 0.717) is 12.8 Å². The zero-order valence-corrected chi connectivity index (χ0v) is 12.3. The minimum atomic E-state index is -0.764. The molecule has 0 aromatic heterocycles. The summed E-state index contributed by atoms with van der Waals surface area (Å²) in [5, 5.41) is 0. The Morgan fingerprint density at radius 2 is 1.21 bits per heavy atom. The molecule has 0 aromatic rings. The maximum atomic E-state index is 11.3. The highest BCUT2D eigenvalue weighted by Gasteiger charge is 2.16. The van der Waals surface area contributed by atoms with Gasteiger partial charge in [-0.15, -0.1) is 0 Å². The van der Waals surface area contributed by atoms with Gasteiger partial charge in [-0.1, -0.05) is 13.8 Å². The molecule has 0 bridgehead atoms. The lowest BCUT2D eigenvalue weighted by molar-refractivity contribution is -0.0278. The topological polar surface area (TPSA) is 71.1 Å². The Labute approximate surface area is 114 Å². The van der Waals surface area contributed by atoms with E-state index in [1.165, 1.54) is 0 Å². The van der Waals surface area contributed by atoms with Crippen molar-refractivity contribution in [3.63, 3.8) is 0 Å². The maximum Gasteiger partial charge on any atom is 0.508 e. The molecule has 0 aliphatic heterocycles. The highest BCUT2D eigenvalue weighted by molar-refractivity contribution is 5.61. The smallest absolute Gasteiger partial charge is 0.431 e. The fourth-order valence-corrected chi connectivity index (χ4v) is 0.941. The number of hydrogen-bond donors (Lipinski definition) is 0. The Balaban J connectivity index is 3.83. The van der Waals surface area contributed by atoms with Gasteiger partial charge < -0.3 is 18.9 Å². The van der Waals surface area contributed by atoms with E-state index in [4.69, 9.17) is 18.9 Å². The second-order valence-corrected chi connectivity index (χ2v) is 4.41. The Hall–Kier alpha value is -1.46. The largest absolute Gasteiger partial charge is 0.508 e. The molecule has 112 valence electrons. The number of ether oxygens (including phenoxy) is 4. The third kappa shape index (κ3) is 9.16. The molecule has 0 aromatic carbocycles. The predicted molar refractivity (Wildman–Crippen MR) is 69.0 cm³/mol. The first kappa shape index (κ1) is 17.5. The fraction of sp³-hybridized carbons (Fsp3) is 0.846. The summed E-state index contributed by atoms with van der Waals surface area (Å²) >= 11 is 0. The zero-order valence-electron chi connectivity index (χ0n) is 12.3. The molecule has 19 heavy (non-hydrogen) atoms. The molecule has 6 heteroatoms.